The van der Waals surface area contributed by atoms with Gasteiger partial charge in [-0.3, -0.25) is 9.78 Å². The van der Waals surface area contributed by atoms with Crippen LogP contribution in [0.4, 0.5) is 0 Å². The molecule has 3 aromatic rings. The number of carbonyl (C=O) groups is 1. The first-order valence-electron chi connectivity index (χ1n) is 8.34. The van der Waals surface area contributed by atoms with E-state index in [1.165, 1.54) is 5.56 Å². The van der Waals surface area contributed by atoms with Gasteiger partial charge in [0.15, 0.2) is 0 Å². The molecule has 0 radical (unpaired) electrons. The first-order chi connectivity index (χ1) is 12.1. The van der Waals surface area contributed by atoms with E-state index in [4.69, 9.17) is 4.42 Å². The number of benzene rings is 1. The molecule has 5 nitrogen and oxygen atoms in total. The van der Waals surface area contributed by atoms with Crippen LogP contribution < -0.4 is 0 Å². The van der Waals surface area contributed by atoms with Crippen LogP contribution in [0.25, 0.3) is 11.5 Å². The number of aromatic nitrogens is 2. The Bertz CT molecular complexity index is 931. The van der Waals surface area contributed by atoms with E-state index in [9.17, 15) is 4.79 Å². The Morgan fingerprint density at radius 1 is 1.16 bits per heavy atom. The van der Waals surface area contributed by atoms with Crippen molar-refractivity contribution in [2.24, 2.45) is 0 Å². The van der Waals surface area contributed by atoms with Gasteiger partial charge in [-0.2, -0.15) is 0 Å². The number of carbonyl (C=O) groups excluding carboxylic acids is 1. The van der Waals surface area contributed by atoms with Crippen molar-refractivity contribution in [2.45, 2.75) is 33.4 Å². The van der Waals surface area contributed by atoms with Gasteiger partial charge in [0.1, 0.15) is 5.76 Å². The van der Waals surface area contributed by atoms with E-state index in [-0.39, 0.29) is 12.3 Å². The first kappa shape index (κ1) is 15.6. The molecule has 5 heteroatoms. The van der Waals surface area contributed by atoms with E-state index >= 15 is 0 Å². The Hall–Kier alpha value is -2.95. The zero-order valence-corrected chi connectivity index (χ0v) is 14.3. The summed E-state index contributed by atoms with van der Waals surface area (Å²) in [5.41, 5.74) is 4.91. The second-order valence-electron chi connectivity index (χ2n) is 6.41. The summed E-state index contributed by atoms with van der Waals surface area (Å²) in [4.78, 5) is 23.4. The molecule has 0 atom stereocenters. The minimum absolute atomic E-state index is 0.0601. The minimum Gasteiger partial charge on any atom is -0.441 e. The number of oxazole rings is 1. The molecule has 0 bridgehead atoms. The second-order valence-corrected chi connectivity index (χ2v) is 6.41. The summed E-state index contributed by atoms with van der Waals surface area (Å²) in [6.07, 6.45) is 2.12. The van der Waals surface area contributed by atoms with Gasteiger partial charge < -0.3 is 9.32 Å². The van der Waals surface area contributed by atoms with Crippen molar-refractivity contribution < 1.29 is 9.21 Å². The lowest BCUT2D eigenvalue weighted by Gasteiger charge is -2.14. The van der Waals surface area contributed by atoms with Crippen LogP contribution >= 0.6 is 0 Å². The number of amides is 1. The molecule has 3 heterocycles. The summed E-state index contributed by atoms with van der Waals surface area (Å²) in [5, 5.41) is 0. The van der Waals surface area contributed by atoms with Crippen molar-refractivity contribution in [3.63, 3.8) is 0 Å². The Labute approximate surface area is 146 Å². The molecule has 1 aromatic carbocycles. The van der Waals surface area contributed by atoms with Crippen LogP contribution in [0.15, 0.2) is 47.0 Å². The average molecular weight is 333 g/mol. The fourth-order valence-corrected chi connectivity index (χ4v) is 3.13. The number of hydrogen-bond donors (Lipinski definition) is 0. The maximum absolute atomic E-state index is 12.7. The van der Waals surface area contributed by atoms with E-state index in [0.29, 0.717) is 30.4 Å². The van der Waals surface area contributed by atoms with Crippen LogP contribution in [0.2, 0.25) is 0 Å². The molecule has 4 rings (SSSR count). The zero-order valence-electron chi connectivity index (χ0n) is 14.3. The summed E-state index contributed by atoms with van der Waals surface area (Å²) >= 11 is 0. The van der Waals surface area contributed by atoms with Crippen molar-refractivity contribution >= 4 is 5.91 Å². The van der Waals surface area contributed by atoms with Gasteiger partial charge in [0.25, 0.3) is 0 Å². The molecule has 126 valence electrons. The lowest BCUT2D eigenvalue weighted by molar-refractivity contribution is -0.131. The predicted octanol–water partition coefficient (Wildman–Crippen LogP) is 3.44. The maximum atomic E-state index is 12.7. The van der Waals surface area contributed by atoms with E-state index in [1.54, 1.807) is 0 Å². The Morgan fingerprint density at radius 3 is 2.72 bits per heavy atom. The highest BCUT2D eigenvalue weighted by Crippen LogP contribution is 2.25. The smallest absolute Gasteiger partial charge is 0.229 e. The molecule has 0 aliphatic carbocycles. The van der Waals surface area contributed by atoms with E-state index in [2.05, 4.69) is 16.0 Å². The van der Waals surface area contributed by atoms with E-state index < -0.39 is 0 Å². The fourth-order valence-electron chi connectivity index (χ4n) is 3.13. The molecule has 0 N–H and O–H groups in total. The molecule has 1 aliphatic rings. The SMILES string of the molecule is Cc1cc2c(cn1)CN(C(=O)Cc1nc(-c3ccccc3)oc1C)C2. The van der Waals surface area contributed by atoms with Gasteiger partial charge in [0.05, 0.1) is 12.1 Å². The van der Waals surface area contributed by atoms with Crippen LogP contribution in [-0.2, 0) is 24.3 Å². The number of rotatable bonds is 3. The number of pyridine rings is 1. The van der Waals surface area contributed by atoms with Gasteiger partial charge in [0.2, 0.25) is 11.8 Å². The molecule has 25 heavy (non-hydrogen) atoms. The van der Waals surface area contributed by atoms with Crippen LogP contribution in [0, 0.1) is 13.8 Å². The standard InChI is InChI=1S/C20H19N3O2/c1-13-8-16-11-23(12-17(16)10-21-13)19(24)9-18-14(2)25-20(22-18)15-6-4-3-5-7-15/h3-8,10H,9,11-12H2,1-2H3. The Balaban J connectivity index is 1.50. The number of aryl methyl sites for hydroxylation is 2. The van der Waals surface area contributed by atoms with Gasteiger partial charge in [0, 0.05) is 30.5 Å². The van der Waals surface area contributed by atoms with Crippen molar-refractivity contribution in [1.29, 1.82) is 0 Å². The lowest BCUT2D eigenvalue weighted by atomic mass is 10.2. The highest BCUT2D eigenvalue weighted by Gasteiger charge is 2.25. The Morgan fingerprint density at radius 2 is 1.92 bits per heavy atom. The van der Waals surface area contributed by atoms with Crippen molar-refractivity contribution in [2.75, 3.05) is 0 Å². The third-order valence-electron chi connectivity index (χ3n) is 4.53. The normalized spacial score (nSPS) is 13.1. The third-order valence-corrected chi connectivity index (χ3v) is 4.53. The van der Waals surface area contributed by atoms with E-state index in [1.807, 2.05) is 55.3 Å². The highest BCUT2D eigenvalue weighted by molar-refractivity contribution is 5.79. The molecule has 1 aliphatic heterocycles. The van der Waals surface area contributed by atoms with Gasteiger partial charge in [-0.15, -0.1) is 0 Å². The summed E-state index contributed by atoms with van der Waals surface area (Å²) in [6.45, 7) is 5.08. The van der Waals surface area contributed by atoms with Crippen molar-refractivity contribution in [1.82, 2.24) is 14.9 Å². The van der Waals surface area contributed by atoms with Crippen molar-refractivity contribution in [3.8, 4) is 11.5 Å². The van der Waals surface area contributed by atoms with Gasteiger partial charge >= 0.3 is 0 Å². The van der Waals surface area contributed by atoms with Crippen LogP contribution in [0.1, 0.15) is 28.3 Å². The predicted molar refractivity (Wildman–Crippen MR) is 93.6 cm³/mol. The summed E-state index contributed by atoms with van der Waals surface area (Å²) in [5.74, 6) is 1.32. The molecular weight excluding hydrogens is 314 g/mol. The van der Waals surface area contributed by atoms with Crippen LogP contribution in [-0.4, -0.2) is 20.8 Å². The number of hydrogen-bond acceptors (Lipinski definition) is 4. The number of nitrogens with zero attached hydrogens (tertiary/aromatic N) is 3. The molecular formula is C20H19N3O2. The van der Waals surface area contributed by atoms with Gasteiger partial charge in [-0.05, 0) is 43.2 Å². The average Bonchev–Trinajstić information content (AvgIpc) is 3.19. The highest BCUT2D eigenvalue weighted by atomic mass is 16.4. The largest absolute Gasteiger partial charge is 0.441 e. The monoisotopic (exact) mass is 333 g/mol. The molecule has 0 unspecified atom stereocenters. The van der Waals surface area contributed by atoms with E-state index in [0.717, 1.165) is 16.8 Å². The molecule has 0 saturated carbocycles. The lowest BCUT2D eigenvalue weighted by Crippen LogP contribution is -2.27. The quantitative estimate of drug-likeness (QED) is 0.737. The maximum Gasteiger partial charge on any atom is 0.229 e. The fraction of sp³-hybridized carbons (Fsp3) is 0.250. The zero-order chi connectivity index (χ0) is 17.4. The number of fused-ring (bicyclic) bond motifs is 1. The van der Waals surface area contributed by atoms with Crippen LogP contribution in [0.5, 0.6) is 0 Å². The molecule has 0 fully saturated rings. The van der Waals surface area contributed by atoms with Crippen molar-refractivity contribution in [3.05, 3.63) is 70.9 Å². The van der Waals surface area contributed by atoms with Crippen LogP contribution in [0.3, 0.4) is 0 Å². The molecule has 2 aromatic heterocycles. The first-order valence-corrected chi connectivity index (χ1v) is 8.34. The third kappa shape index (κ3) is 3.05. The van der Waals surface area contributed by atoms with Gasteiger partial charge in [-0.25, -0.2) is 4.98 Å². The second kappa shape index (κ2) is 6.16. The molecule has 0 saturated heterocycles. The minimum atomic E-state index is 0.0601. The molecule has 0 spiro atoms. The summed E-state index contributed by atoms with van der Waals surface area (Å²) in [6, 6.07) is 11.8. The summed E-state index contributed by atoms with van der Waals surface area (Å²) < 4.78 is 5.75. The summed E-state index contributed by atoms with van der Waals surface area (Å²) in [7, 11) is 0. The van der Waals surface area contributed by atoms with Gasteiger partial charge in [-0.1, -0.05) is 18.2 Å². The molecule has 1 amide bonds. The Kier molecular flexibility index (Phi) is 3.84. The topological polar surface area (TPSA) is 59.2 Å².